The van der Waals surface area contributed by atoms with Crippen molar-refractivity contribution in [2.45, 2.75) is 45.1 Å². The average molecular weight is 277 g/mol. The van der Waals surface area contributed by atoms with Crippen molar-refractivity contribution in [3.05, 3.63) is 33.7 Å². The minimum atomic E-state index is -0.379. The molecule has 8 heteroatoms. The Morgan fingerprint density at radius 2 is 2.35 bits per heavy atom. The Morgan fingerprint density at radius 3 is 3.00 bits per heavy atom. The van der Waals surface area contributed by atoms with Crippen LogP contribution in [0.25, 0.3) is 0 Å². The smallest absolute Gasteiger partial charge is 0.310 e. The molecule has 1 aliphatic carbocycles. The van der Waals surface area contributed by atoms with Gasteiger partial charge in [-0.3, -0.25) is 14.8 Å². The predicted molar refractivity (Wildman–Crippen MR) is 68.3 cm³/mol. The van der Waals surface area contributed by atoms with E-state index in [2.05, 4.69) is 15.2 Å². The largest absolute Gasteiger partial charge is 0.339 e. The van der Waals surface area contributed by atoms with Crippen molar-refractivity contribution < 1.29 is 9.45 Å². The van der Waals surface area contributed by atoms with Crippen LogP contribution in [0.2, 0.25) is 0 Å². The second-order valence-corrected chi connectivity index (χ2v) is 4.98. The first-order chi connectivity index (χ1) is 9.67. The van der Waals surface area contributed by atoms with Gasteiger partial charge in [-0.25, -0.2) is 0 Å². The van der Waals surface area contributed by atoms with E-state index < -0.39 is 0 Å². The van der Waals surface area contributed by atoms with Gasteiger partial charge in [-0.2, -0.15) is 10.1 Å². The van der Waals surface area contributed by atoms with E-state index in [1.165, 1.54) is 10.9 Å². The fourth-order valence-corrected chi connectivity index (χ4v) is 2.11. The van der Waals surface area contributed by atoms with Gasteiger partial charge in [0.1, 0.15) is 18.4 Å². The molecular weight excluding hydrogens is 262 g/mol. The van der Waals surface area contributed by atoms with Crippen molar-refractivity contribution in [3.8, 4) is 0 Å². The second kappa shape index (κ2) is 5.03. The number of aromatic nitrogens is 4. The summed E-state index contributed by atoms with van der Waals surface area (Å²) in [6.07, 6.45) is 5.06. The number of nitrogens with zero attached hydrogens (tertiary/aromatic N) is 5. The minimum Gasteiger partial charge on any atom is -0.339 e. The molecule has 3 rings (SSSR count). The zero-order valence-electron chi connectivity index (χ0n) is 11.2. The monoisotopic (exact) mass is 277 g/mol. The normalized spacial score (nSPS) is 14.7. The lowest BCUT2D eigenvalue weighted by Gasteiger charge is -1.93. The Balaban J connectivity index is 1.79. The highest BCUT2D eigenvalue weighted by molar-refractivity contribution is 5.37. The second-order valence-electron chi connectivity index (χ2n) is 4.98. The summed E-state index contributed by atoms with van der Waals surface area (Å²) in [5, 5.41) is 19.2. The standard InChI is InChI=1S/C12H15N5O3/c1-2-3-11-13-10(15-20-11)7-16-6-9(17(18)19)12(14-16)8-4-5-8/h6,8H,2-5,7H2,1H3. The molecule has 0 atom stereocenters. The predicted octanol–water partition coefficient (Wildman–Crippen LogP) is 2.05. The highest BCUT2D eigenvalue weighted by Crippen LogP contribution is 2.43. The van der Waals surface area contributed by atoms with E-state index in [-0.39, 0.29) is 16.5 Å². The van der Waals surface area contributed by atoms with Gasteiger partial charge in [0.2, 0.25) is 5.89 Å². The van der Waals surface area contributed by atoms with Gasteiger partial charge in [0.15, 0.2) is 5.82 Å². The van der Waals surface area contributed by atoms with Crippen LogP contribution in [0.1, 0.15) is 49.5 Å². The molecule has 2 aromatic rings. The molecule has 2 heterocycles. The first-order valence-electron chi connectivity index (χ1n) is 6.70. The Bertz CT molecular complexity index is 629. The zero-order chi connectivity index (χ0) is 14.1. The molecule has 20 heavy (non-hydrogen) atoms. The Morgan fingerprint density at radius 1 is 1.55 bits per heavy atom. The molecule has 2 aromatic heterocycles. The average Bonchev–Trinajstić information content (AvgIpc) is 3.02. The number of nitro groups is 1. The maximum absolute atomic E-state index is 11.0. The number of aryl methyl sites for hydroxylation is 1. The number of hydrogen-bond donors (Lipinski definition) is 0. The first-order valence-corrected chi connectivity index (χ1v) is 6.70. The summed E-state index contributed by atoms with van der Waals surface area (Å²) in [4.78, 5) is 14.9. The van der Waals surface area contributed by atoms with Crippen LogP contribution in [-0.4, -0.2) is 24.8 Å². The third-order valence-electron chi connectivity index (χ3n) is 3.21. The molecule has 0 unspecified atom stereocenters. The SMILES string of the molecule is CCCc1nc(Cn2cc([N+](=O)[O-])c(C3CC3)n2)no1. The molecule has 0 amide bonds. The number of hydrogen-bond acceptors (Lipinski definition) is 6. The third-order valence-corrected chi connectivity index (χ3v) is 3.21. The van der Waals surface area contributed by atoms with Gasteiger partial charge < -0.3 is 4.52 Å². The van der Waals surface area contributed by atoms with E-state index in [1.54, 1.807) is 0 Å². The lowest BCUT2D eigenvalue weighted by Crippen LogP contribution is -2.02. The van der Waals surface area contributed by atoms with Crippen molar-refractivity contribution in [1.82, 2.24) is 19.9 Å². The van der Waals surface area contributed by atoms with Crippen LogP contribution in [0.4, 0.5) is 5.69 Å². The summed E-state index contributed by atoms with van der Waals surface area (Å²) in [7, 11) is 0. The Hall–Kier alpha value is -2.25. The van der Waals surface area contributed by atoms with Gasteiger partial charge in [0.05, 0.1) is 4.92 Å². The van der Waals surface area contributed by atoms with Crippen molar-refractivity contribution in [1.29, 1.82) is 0 Å². The van der Waals surface area contributed by atoms with Crippen LogP contribution in [0.3, 0.4) is 0 Å². The Kier molecular flexibility index (Phi) is 3.21. The summed E-state index contributed by atoms with van der Waals surface area (Å²) in [6, 6.07) is 0. The molecule has 0 aliphatic heterocycles. The van der Waals surface area contributed by atoms with Gasteiger partial charge >= 0.3 is 5.69 Å². The molecule has 0 radical (unpaired) electrons. The van der Waals surface area contributed by atoms with Gasteiger partial charge in [0.25, 0.3) is 0 Å². The van der Waals surface area contributed by atoms with E-state index in [0.29, 0.717) is 24.0 Å². The quantitative estimate of drug-likeness (QED) is 0.591. The molecular formula is C12H15N5O3. The van der Waals surface area contributed by atoms with Crippen LogP contribution in [-0.2, 0) is 13.0 Å². The van der Waals surface area contributed by atoms with Crippen LogP contribution < -0.4 is 0 Å². The van der Waals surface area contributed by atoms with Crippen LogP contribution >= 0.6 is 0 Å². The molecule has 0 N–H and O–H groups in total. The van der Waals surface area contributed by atoms with Crippen molar-refractivity contribution in [2.24, 2.45) is 0 Å². The van der Waals surface area contributed by atoms with Gasteiger partial charge in [-0.15, -0.1) is 0 Å². The summed E-state index contributed by atoms with van der Waals surface area (Å²) < 4.78 is 6.61. The molecule has 0 spiro atoms. The van der Waals surface area contributed by atoms with Crippen molar-refractivity contribution in [3.63, 3.8) is 0 Å². The van der Waals surface area contributed by atoms with E-state index in [0.717, 1.165) is 25.7 Å². The van der Waals surface area contributed by atoms with Gasteiger partial charge in [-0.1, -0.05) is 12.1 Å². The van der Waals surface area contributed by atoms with Crippen LogP contribution in [0, 0.1) is 10.1 Å². The fourth-order valence-electron chi connectivity index (χ4n) is 2.11. The summed E-state index contributed by atoms with van der Waals surface area (Å²) >= 11 is 0. The van der Waals surface area contributed by atoms with Gasteiger partial charge in [-0.05, 0) is 19.3 Å². The lowest BCUT2D eigenvalue weighted by molar-refractivity contribution is -0.385. The summed E-state index contributed by atoms with van der Waals surface area (Å²) in [5.41, 5.74) is 0.664. The maximum atomic E-state index is 11.0. The molecule has 1 fully saturated rings. The third kappa shape index (κ3) is 2.54. The highest BCUT2D eigenvalue weighted by atomic mass is 16.6. The number of rotatable bonds is 6. The van der Waals surface area contributed by atoms with Crippen LogP contribution in [0.5, 0.6) is 0 Å². The highest BCUT2D eigenvalue weighted by Gasteiger charge is 2.34. The molecule has 1 saturated carbocycles. The van der Waals surface area contributed by atoms with E-state index in [9.17, 15) is 10.1 Å². The van der Waals surface area contributed by atoms with Gasteiger partial charge in [0, 0.05) is 12.3 Å². The molecule has 0 bridgehead atoms. The first kappa shape index (κ1) is 12.8. The molecule has 1 aliphatic rings. The van der Waals surface area contributed by atoms with Crippen molar-refractivity contribution >= 4 is 5.69 Å². The van der Waals surface area contributed by atoms with E-state index in [1.807, 2.05) is 6.92 Å². The fraction of sp³-hybridized carbons (Fsp3) is 0.583. The molecule has 0 aromatic carbocycles. The maximum Gasteiger partial charge on any atom is 0.310 e. The summed E-state index contributed by atoms with van der Waals surface area (Å²) in [5.74, 6) is 1.32. The van der Waals surface area contributed by atoms with Crippen molar-refractivity contribution in [2.75, 3.05) is 0 Å². The zero-order valence-corrected chi connectivity index (χ0v) is 11.2. The lowest BCUT2D eigenvalue weighted by atomic mass is 10.3. The molecule has 8 nitrogen and oxygen atoms in total. The van der Waals surface area contributed by atoms with Crippen LogP contribution in [0.15, 0.2) is 10.7 Å². The van der Waals surface area contributed by atoms with E-state index in [4.69, 9.17) is 4.52 Å². The summed E-state index contributed by atoms with van der Waals surface area (Å²) in [6.45, 7) is 2.32. The Labute approximate surface area is 114 Å². The van der Waals surface area contributed by atoms with E-state index >= 15 is 0 Å². The molecule has 0 saturated heterocycles. The topological polar surface area (TPSA) is 99.9 Å². The minimum absolute atomic E-state index is 0.0878. The molecule has 106 valence electrons.